The summed E-state index contributed by atoms with van der Waals surface area (Å²) in [5, 5.41) is 28.7. The predicted octanol–water partition coefficient (Wildman–Crippen LogP) is 4.38. The molecule has 0 radical (unpaired) electrons. The number of phenolic OH excluding ortho intramolecular Hbond substituents is 2. The van der Waals surface area contributed by atoms with Gasteiger partial charge in [-0.05, 0) is 72.9 Å². The summed E-state index contributed by atoms with van der Waals surface area (Å²) >= 11 is 0. The van der Waals surface area contributed by atoms with Crippen LogP contribution >= 0.6 is 0 Å². The lowest BCUT2D eigenvalue weighted by molar-refractivity contribution is 0.0694. The molecule has 0 atom stereocenters. The van der Waals surface area contributed by atoms with E-state index in [1.54, 1.807) is 12.1 Å². The average molecular weight is 330 g/mol. The summed E-state index contributed by atoms with van der Waals surface area (Å²) in [5.74, 6) is -1.20. The molecule has 0 aromatic heterocycles. The number of carbonyl (C=O) groups is 1. The molecule has 0 saturated heterocycles. The molecule has 0 aliphatic heterocycles. The van der Waals surface area contributed by atoms with Gasteiger partial charge in [0.1, 0.15) is 17.3 Å². The fourth-order valence-electron chi connectivity index (χ4n) is 3.66. The topological polar surface area (TPSA) is 77.8 Å². The summed E-state index contributed by atoms with van der Waals surface area (Å²) in [6.45, 7) is 0. The first kappa shape index (κ1) is 16.3. The van der Waals surface area contributed by atoms with Crippen molar-refractivity contribution in [2.45, 2.75) is 37.5 Å². The van der Waals surface area contributed by atoms with E-state index in [-0.39, 0.29) is 28.9 Å². The van der Waals surface area contributed by atoms with Crippen molar-refractivity contribution in [3.05, 3.63) is 58.9 Å². The summed E-state index contributed by atoms with van der Waals surface area (Å²) in [6, 6.07) is 8.43. The van der Waals surface area contributed by atoms with Crippen LogP contribution in [0.25, 0.3) is 0 Å². The minimum atomic E-state index is -1.04. The van der Waals surface area contributed by atoms with Crippen molar-refractivity contribution in [2.24, 2.45) is 0 Å². The van der Waals surface area contributed by atoms with Gasteiger partial charge in [0.25, 0.3) is 0 Å². The van der Waals surface area contributed by atoms with Crippen molar-refractivity contribution in [1.29, 1.82) is 0 Å². The molecule has 0 heterocycles. The predicted molar refractivity (Wildman–Crippen MR) is 87.1 cm³/mol. The summed E-state index contributed by atoms with van der Waals surface area (Å²) < 4.78 is 13.5. The average Bonchev–Trinajstić information content (AvgIpc) is 2.55. The first-order chi connectivity index (χ1) is 11.5. The van der Waals surface area contributed by atoms with Crippen LogP contribution in [0.4, 0.5) is 4.39 Å². The van der Waals surface area contributed by atoms with Gasteiger partial charge in [-0.1, -0.05) is 6.07 Å². The van der Waals surface area contributed by atoms with Gasteiger partial charge in [-0.2, -0.15) is 0 Å². The second kappa shape index (κ2) is 6.51. The Balaban J connectivity index is 1.78. The van der Waals surface area contributed by atoms with Gasteiger partial charge < -0.3 is 15.3 Å². The molecule has 2 aromatic rings. The number of carboxylic acid groups (broad SMARTS) is 1. The molecule has 126 valence electrons. The van der Waals surface area contributed by atoms with Gasteiger partial charge in [0, 0.05) is 6.07 Å². The SMILES string of the molecule is O=C(O)c1ccc(F)cc1[C@H]1CC[C@H](c2ccc(O)cc2O)CC1. The fourth-order valence-corrected chi connectivity index (χ4v) is 3.66. The molecule has 4 nitrogen and oxygen atoms in total. The number of hydrogen-bond donors (Lipinski definition) is 3. The van der Waals surface area contributed by atoms with E-state index in [2.05, 4.69) is 0 Å². The molecule has 0 spiro atoms. The number of carboxylic acids is 1. The van der Waals surface area contributed by atoms with E-state index in [0.29, 0.717) is 5.56 Å². The van der Waals surface area contributed by atoms with Crippen molar-refractivity contribution in [2.75, 3.05) is 0 Å². The molecule has 3 N–H and O–H groups in total. The molecular weight excluding hydrogens is 311 g/mol. The molecule has 24 heavy (non-hydrogen) atoms. The molecule has 5 heteroatoms. The van der Waals surface area contributed by atoms with E-state index in [0.717, 1.165) is 31.2 Å². The molecule has 0 amide bonds. The number of aromatic hydroxyl groups is 2. The molecule has 1 aliphatic rings. The Morgan fingerprint density at radius 1 is 0.917 bits per heavy atom. The standard InChI is InChI=1S/C19H19FO4/c20-13-5-7-16(19(23)24)17(9-13)12-3-1-11(2-4-12)15-8-6-14(21)10-18(15)22/h5-12,21-22H,1-4H2,(H,23,24)/t11-,12-. The number of aromatic carboxylic acids is 1. The van der Waals surface area contributed by atoms with Crippen LogP contribution in [0.15, 0.2) is 36.4 Å². The summed E-state index contributed by atoms with van der Waals surface area (Å²) in [7, 11) is 0. The van der Waals surface area contributed by atoms with Crippen LogP contribution in [0.5, 0.6) is 11.5 Å². The van der Waals surface area contributed by atoms with Crippen molar-refractivity contribution in [3.63, 3.8) is 0 Å². The van der Waals surface area contributed by atoms with E-state index in [4.69, 9.17) is 0 Å². The smallest absolute Gasteiger partial charge is 0.335 e. The largest absolute Gasteiger partial charge is 0.508 e. The van der Waals surface area contributed by atoms with Crippen LogP contribution in [0.2, 0.25) is 0 Å². The maximum Gasteiger partial charge on any atom is 0.335 e. The quantitative estimate of drug-likeness (QED) is 0.780. The normalized spacial score (nSPS) is 20.7. The van der Waals surface area contributed by atoms with Gasteiger partial charge in [0.2, 0.25) is 0 Å². The van der Waals surface area contributed by atoms with Crippen molar-refractivity contribution < 1.29 is 24.5 Å². The lowest BCUT2D eigenvalue weighted by Gasteiger charge is -2.30. The Labute approximate surface area is 139 Å². The third-order valence-electron chi connectivity index (χ3n) is 4.86. The molecule has 2 aromatic carbocycles. The zero-order valence-electron chi connectivity index (χ0n) is 13.1. The molecule has 1 fully saturated rings. The molecule has 1 aliphatic carbocycles. The molecule has 1 saturated carbocycles. The lowest BCUT2D eigenvalue weighted by atomic mass is 9.75. The van der Waals surface area contributed by atoms with Gasteiger partial charge in [0.15, 0.2) is 0 Å². The highest BCUT2D eigenvalue weighted by Gasteiger charge is 2.28. The van der Waals surface area contributed by atoms with Crippen LogP contribution in [0, 0.1) is 5.82 Å². The van der Waals surface area contributed by atoms with Crippen LogP contribution in [0.3, 0.4) is 0 Å². The summed E-state index contributed by atoms with van der Waals surface area (Å²) in [4.78, 5) is 11.4. The summed E-state index contributed by atoms with van der Waals surface area (Å²) in [5.41, 5.74) is 1.51. The number of phenols is 2. The Kier molecular flexibility index (Phi) is 4.42. The molecule has 0 bridgehead atoms. The van der Waals surface area contributed by atoms with Crippen LogP contribution < -0.4 is 0 Å². The van der Waals surface area contributed by atoms with E-state index in [9.17, 15) is 24.5 Å². The van der Waals surface area contributed by atoms with Crippen LogP contribution in [-0.4, -0.2) is 21.3 Å². The monoisotopic (exact) mass is 330 g/mol. The summed E-state index contributed by atoms with van der Waals surface area (Å²) in [6.07, 6.45) is 3.01. The third-order valence-corrected chi connectivity index (χ3v) is 4.86. The second-order valence-corrected chi connectivity index (χ2v) is 6.33. The third kappa shape index (κ3) is 3.20. The number of hydrogen-bond acceptors (Lipinski definition) is 3. The first-order valence-electron chi connectivity index (χ1n) is 8.00. The van der Waals surface area contributed by atoms with Gasteiger partial charge in [-0.15, -0.1) is 0 Å². The molecular formula is C19H19FO4. The Morgan fingerprint density at radius 2 is 1.54 bits per heavy atom. The Morgan fingerprint density at radius 3 is 2.12 bits per heavy atom. The fraction of sp³-hybridized carbons (Fsp3) is 0.316. The Bertz CT molecular complexity index is 764. The minimum absolute atomic E-state index is 0.00214. The first-order valence-corrected chi connectivity index (χ1v) is 8.00. The van der Waals surface area contributed by atoms with Gasteiger partial charge >= 0.3 is 5.97 Å². The number of halogens is 1. The van der Waals surface area contributed by atoms with Crippen molar-refractivity contribution in [3.8, 4) is 11.5 Å². The van der Waals surface area contributed by atoms with Crippen molar-refractivity contribution >= 4 is 5.97 Å². The van der Waals surface area contributed by atoms with Crippen LogP contribution in [-0.2, 0) is 0 Å². The van der Waals surface area contributed by atoms with Crippen molar-refractivity contribution in [1.82, 2.24) is 0 Å². The minimum Gasteiger partial charge on any atom is -0.508 e. The number of benzene rings is 2. The Hall–Kier alpha value is -2.56. The zero-order valence-corrected chi connectivity index (χ0v) is 13.1. The van der Waals surface area contributed by atoms with Crippen LogP contribution in [0.1, 0.15) is 59.0 Å². The second-order valence-electron chi connectivity index (χ2n) is 6.33. The highest BCUT2D eigenvalue weighted by Crippen LogP contribution is 2.44. The van der Waals surface area contributed by atoms with Gasteiger partial charge in [-0.25, -0.2) is 9.18 Å². The van der Waals surface area contributed by atoms with E-state index >= 15 is 0 Å². The zero-order chi connectivity index (χ0) is 17.3. The molecule has 0 unspecified atom stereocenters. The number of rotatable bonds is 3. The highest BCUT2D eigenvalue weighted by molar-refractivity contribution is 5.89. The molecule has 3 rings (SSSR count). The van der Waals surface area contributed by atoms with E-state index in [1.165, 1.54) is 24.3 Å². The maximum absolute atomic E-state index is 13.5. The lowest BCUT2D eigenvalue weighted by Crippen LogP contribution is -2.15. The van der Waals surface area contributed by atoms with Gasteiger partial charge in [-0.3, -0.25) is 0 Å². The maximum atomic E-state index is 13.5. The van der Waals surface area contributed by atoms with Gasteiger partial charge in [0.05, 0.1) is 5.56 Å². The van der Waals surface area contributed by atoms with E-state index < -0.39 is 11.8 Å². The highest BCUT2D eigenvalue weighted by atomic mass is 19.1. The van der Waals surface area contributed by atoms with E-state index in [1.807, 2.05) is 0 Å².